The van der Waals surface area contributed by atoms with Crippen LogP contribution in [0.3, 0.4) is 0 Å². The highest BCUT2D eigenvalue weighted by Gasteiger charge is 2.43. The Morgan fingerprint density at radius 3 is 2.68 bits per heavy atom. The summed E-state index contributed by atoms with van der Waals surface area (Å²) in [6.45, 7) is 3.11. The van der Waals surface area contributed by atoms with Crippen LogP contribution < -0.4 is 10.6 Å². The number of carbonyl (C=O) groups is 1. The number of carbonyl (C=O) groups excluding carboxylic acids is 1. The largest absolute Gasteiger partial charge is 0.356 e. The summed E-state index contributed by atoms with van der Waals surface area (Å²) in [5.74, 6) is 1.02. The van der Waals surface area contributed by atoms with E-state index in [1.165, 1.54) is 24.8 Å². The van der Waals surface area contributed by atoms with E-state index in [9.17, 15) is 4.79 Å². The molecular formula is C19H28N2O. The second-order valence-corrected chi connectivity index (χ2v) is 7.05. The van der Waals surface area contributed by atoms with Gasteiger partial charge in [-0.15, -0.1) is 0 Å². The summed E-state index contributed by atoms with van der Waals surface area (Å²) in [5, 5.41) is 6.67. The molecule has 22 heavy (non-hydrogen) atoms. The Hall–Kier alpha value is -1.35. The zero-order valence-corrected chi connectivity index (χ0v) is 13.4. The highest BCUT2D eigenvalue weighted by Crippen LogP contribution is 2.44. The van der Waals surface area contributed by atoms with Crippen molar-refractivity contribution in [2.45, 2.75) is 44.9 Å². The molecular weight excluding hydrogens is 272 g/mol. The molecule has 1 aromatic rings. The Morgan fingerprint density at radius 2 is 2.05 bits per heavy atom. The van der Waals surface area contributed by atoms with Gasteiger partial charge in [0, 0.05) is 6.54 Å². The summed E-state index contributed by atoms with van der Waals surface area (Å²) in [4.78, 5) is 12.7. The molecule has 1 saturated carbocycles. The van der Waals surface area contributed by atoms with Gasteiger partial charge in [-0.05, 0) is 63.1 Å². The first-order valence-corrected chi connectivity index (χ1v) is 8.81. The Balaban J connectivity index is 1.48. The minimum absolute atomic E-state index is 0.133. The normalized spacial score (nSPS) is 23.5. The smallest absolute Gasteiger partial charge is 0.226 e. The molecule has 3 heteroatoms. The molecule has 0 radical (unpaired) electrons. The molecule has 2 aliphatic rings. The Kier molecular flexibility index (Phi) is 5.14. The fraction of sp³-hybridized carbons (Fsp3) is 0.632. The maximum atomic E-state index is 12.7. The standard InChI is InChI=1S/C19H28N2O/c22-18(21-13-9-17-8-4-12-20-15-17)19(10-5-11-19)14-16-6-2-1-3-7-16/h1-3,6-7,17,20H,4-5,8-15H2,(H,21,22). The maximum absolute atomic E-state index is 12.7. The van der Waals surface area contributed by atoms with E-state index in [0.717, 1.165) is 51.2 Å². The van der Waals surface area contributed by atoms with Crippen molar-refractivity contribution in [3.8, 4) is 0 Å². The van der Waals surface area contributed by atoms with E-state index < -0.39 is 0 Å². The van der Waals surface area contributed by atoms with E-state index in [1.54, 1.807) is 0 Å². The van der Waals surface area contributed by atoms with Crippen LogP contribution in [0.1, 0.15) is 44.1 Å². The fourth-order valence-electron chi connectivity index (χ4n) is 3.82. The predicted molar refractivity (Wildman–Crippen MR) is 89.7 cm³/mol. The highest BCUT2D eigenvalue weighted by atomic mass is 16.2. The van der Waals surface area contributed by atoms with Crippen LogP contribution in [0.2, 0.25) is 0 Å². The van der Waals surface area contributed by atoms with E-state index >= 15 is 0 Å². The van der Waals surface area contributed by atoms with E-state index in [-0.39, 0.29) is 11.3 Å². The van der Waals surface area contributed by atoms with Crippen LogP contribution in [-0.2, 0) is 11.2 Å². The molecule has 1 aromatic carbocycles. The average molecular weight is 300 g/mol. The number of rotatable bonds is 6. The summed E-state index contributed by atoms with van der Waals surface area (Å²) in [6.07, 6.45) is 7.85. The molecule has 3 nitrogen and oxygen atoms in total. The molecule has 0 bridgehead atoms. The van der Waals surface area contributed by atoms with Gasteiger partial charge in [0.25, 0.3) is 0 Å². The van der Waals surface area contributed by atoms with Crippen LogP contribution in [0.5, 0.6) is 0 Å². The van der Waals surface area contributed by atoms with Crippen molar-refractivity contribution in [2.75, 3.05) is 19.6 Å². The molecule has 0 spiro atoms. The van der Waals surface area contributed by atoms with Crippen molar-refractivity contribution in [1.82, 2.24) is 10.6 Å². The lowest BCUT2D eigenvalue weighted by Crippen LogP contribution is -2.47. The third-order valence-electron chi connectivity index (χ3n) is 5.41. The molecule has 120 valence electrons. The molecule has 1 aliphatic carbocycles. The van der Waals surface area contributed by atoms with Gasteiger partial charge in [-0.1, -0.05) is 36.8 Å². The molecule has 1 unspecified atom stereocenters. The van der Waals surface area contributed by atoms with Crippen molar-refractivity contribution >= 4 is 5.91 Å². The minimum atomic E-state index is -0.133. The summed E-state index contributed by atoms with van der Waals surface area (Å²) < 4.78 is 0. The second-order valence-electron chi connectivity index (χ2n) is 7.05. The Morgan fingerprint density at radius 1 is 1.23 bits per heavy atom. The summed E-state index contributed by atoms with van der Waals surface area (Å²) in [6, 6.07) is 10.4. The number of hydrogen-bond donors (Lipinski definition) is 2. The number of benzene rings is 1. The van der Waals surface area contributed by atoms with Gasteiger partial charge in [0.05, 0.1) is 5.41 Å². The van der Waals surface area contributed by atoms with Gasteiger partial charge in [0.15, 0.2) is 0 Å². The van der Waals surface area contributed by atoms with Crippen molar-refractivity contribution in [3.05, 3.63) is 35.9 Å². The highest BCUT2D eigenvalue weighted by molar-refractivity contribution is 5.83. The molecule has 1 saturated heterocycles. The molecule has 1 amide bonds. The van der Waals surface area contributed by atoms with Gasteiger partial charge in [-0.2, -0.15) is 0 Å². The third kappa shape index (κ3) is 3.70. The molecule has 3 rings (SSSR count). The minimum Gasteiger partial charge on any atom is -0.356 e. The first-order valence-electron chi connectivity index (χ1n) is 8.81. The summed E-state index contributed by atoms with van der Waals surface area (Å²) in [7, 11) is 0. The number of hydrogen-bond acceptors (Lipinski definition) is 2. The molecule has 1 atom stereocenters. The topological polar surface area (TPSA) is 41.1 Å². The van der Waals surface area contributed by atoms with Crippen molar-refractivity contribution < 1.29 is 4.79 Å². The molecule has 2 N–H and O–H groups in total. The van der Waals surface area contributed by atoms with Crippen LogP contribution in [0.25, 0.3) is 0 Å². The number of piperidine rings is 1. The van der Waals surface area contributed by atoms with Crippen molar-refractivity contribution in [3.63, 3.8) is 0 Å². The quantitative estimate of drug-likeness (QED) is 0.848. The molecule has 2 fully saturated rings. The van der Waals surface area contributed by atoms with Crippen LogP contribution >= 0.6 is 0 Å². The lowest BCUT2D eigenvalue weighted by atomic mass is 9.64. The van der Waals surface area contributed by atoms with Gasteiger partial charge in [-0.25, -0.2) is 0 Å². The van der Waals surface area contributed by atoms with Gasteiger partial charge in [0.1, 0.15) is 0 Å². The zero-order chi connectivity index (χ0) is 15.3. The lowest BCUT2D eigenvalue weighted by molar-refractivity contribution is -0.136. The molecule has 1 aliphatic heterocycles. The maximum Gasteiger partial charge on any atom is 0.226 e. The van der Waals surface area contributed by atoms with Crippen molar-refractivity contribution in [2.24, 2.45) is 11.3 Å². The van der Waals surface area contributed by atoms with E-state index in [0.29, 0.717) is 0 Å². The molecule has 1 heterocycles. The van der Waals surface area contributed by atoms with Crippen molar-refractivity contribution in [1.29, 1.82) is 0 Å². The van der Waals surface area contributed by atoms with Crippen LogP contribution in [0.15, 0.2) is 30.3 Å². The van der Waals surface area contributed by atoms with Gasteiger partial charge < -0.3 is 10.6 Å². The van der Waals surface area contributed by atoms with Gasteiger partial charge in [0.2, 0.25) is 5.91 Å². The van der Waals surface area contributed by atoms with E-state index in [1.807, 2.05) is 6.07 Å². The third-order valence-corrected chi connectivity index (χ3v) is 5.41. The molecule has 0 aromatic heterocycles. The van der Waals surface area contributed by atoms with Gasteiger partial charge >= 0.3 is 0 Å². The Labute approximate surface area is 133 Å². The Bertz CT molecular complexity index is 475. The summed E-state index contributed by atoms with van der Waals surface area (Å²) >= 11 is 0. The summed E-state index contributed by atoms with van der Waals surface area (Å²) in [5.41, 5.74) is 1.15. The van der Waals surface area contributed by atoms with E-state index in [2.05, 4.69) is 34.9 Å². The fourth-order valence-corrected chi connectivity index (χ4v) is 3.82. The van der Waals surface area contributed by atoms with E-state index in [4.69, 9.17) is 0 Å². The first kappa shape index (κ1) is 15.5. The lowest BCUT2D eigenvalue weighted by Gasteiger charge is -2.40. The van der Waals surface area contributed by atoms with Crippen LogP contribution in [0.4, 0.5) is 0 Å². The number of nitrogens with one attached hydrogen (secondary N) is 2. The SMILES string of the molecule is O=C(NCCC1CCCNC1)C1(Cc2ccccc2)CCC1. The second kappa shape index (κ2) is 7.28. The monoisotopic (exact) mass is 300 g/mol. The number of amides is 1. The predicted octanol–water partition coefficient (Wildman–Crippen LogP) is 2.91. The van der Waals surface area contributed by atoms with Crippen LogP contribution in [-0.4, -0.2) is 25.5 Å². The van der Waals surface area contributed by atoms with Gasteiger partial charge in [-0.3, -0.25) is 4.79 Å². The zero-order valence-electron chi connectivity index (χ0n) is 13.4. The average Bonchev–Trinajstić information content (AvgIpc) is 2.53. The first-order chi connectivity index (χ1) is 10.8. The van der Waals surface area contributed by atoms with Crippen LogP contribution in [0, 0.1) is 11.3 Å².